The maximum absolute atomic E-state index is 13.2. The number of aromatic nitrogens is 1. The normalized spacial score (nSPS) is 17.3. The molecule has 44 heavy (non-hydrogen) atoms. The Morgan fingerprint density at radius 2 is 1.84 bits per heavy atom. The van der Waals surface area contributed by atoms with E-state index in [-0.39, 0.29) is 36.6 Å². The van der Waals surface area contributed by atoms with E-state index in [1.165, 1.54) is 0 Å². The highest BCUT2D eigenvalue weighted by atomic mass is 16.5. The lowest BCUT2D eigenvalue weighted by molar-refractivity contribution is -0.136. The Bertz CT molecular complexity index is 1650. The molecule has 2 atom stereocenters. The molecule has 2 N–H and O–H groups in total. The first-order valence-corrected chi connectivity index (χ1v) is 14.6. The van der Waals surface area contributed by atoms with E-state index >= 15 is 0 Å². The number of furan rings is 1. The summed E-state index contributed by atoms with van der Waals surface area (Å²) in [5.41, 5.74) is 2.89. The van der Waals surface area contributed by atoms with Crippen molar-refractivity contribution in [3.05, 3.63) is 101 Å². The number of fused-ring (bicyclic) bond motifs is 2. The van der Waals surface area contributed by atoms with E-state index in [2.05, 4.69) is 15.6 Å². The SMILES string of the molecule is O=C1CCC(N2C(=O)c3cccc(COCCCOCCNC(c4cccnc4)c4cc5ccccc5o4)c3C2=O)C(=O)N1. The van der Waals surface area contributed by atoms with Crippen LogP contribution in [0, 0.1) is 0 Å². The number of hydrogen-bond acceptors (Lipinski definition) is 9. The van der Waals surface area contributed by atoms with Crippen LogP contribution in [-0.2, 0) is 25.7 Å². The Morgan fingerprint density at radius 1 is 0.977 bits per heavy atom. The third-order valence-electron chi connectivity index (χ3n) is 7.73. The summed E-state index contributed by atoms with van der Waals surface area (Å²) in [6.07, 6.45) is 4.38. The minimum Gasteiger partial charge on any atom is -0.459 e. The Morgan fingerprint density at radius 3 is 2.66 bits per heavy atom. The van der Waals surface area contributed by atoms with Crippen molar-refractivity contribution < 1.29 is 33.1 Å². The minimum absolute atomic E-state index is 0.0737. The van der Waals surface area contributed by atoms with Gasteiger partial charge < -0.3 is 19.2 Å². The molecule has 2 aliphatic heterocycles. The van der Waals surface area contributed by atoms with Crippen LogP contribution < -0.4 is 10.6 Å². The van der Waals surface area contributed by atoms with Crippen molar-refractivity contribution in [1.29, 1.82) is 0 Å². The maximum Gasteiger partial charge on any atom is 0.262 e. The van der Waals surface area contributed by atoms with E-state index in [9.17, 15) is 19.2 Å². The Kier molecular flexibility index (Phi) is 8.87. The molecule has 1 fully saturated rings. The van der Waals surface area contributed by atoms with E-state index < -0.39 is 29.7 Å². The van der Waals surface area contributed by atoms with Crippen molar-refractivity contribution >= 4 is 34.6 Å². The number of para-hydroxylation sites is 1. The van der Waals surface area contributed by atoms with Crippen LogP contribution in [0.25, 0.3) is 11.0 Å². The zero-order valence-corrected chi connectivity index (χ0v) is 24.0. The predicted molar refractivity (Wildman–Crippen MR) is 159 cm³/mol. The summed E-state index contributed by atoms with van der Waals surface area (Å²) in [5.74, 6) is -1.31. The zero-order valence-electron chi connectivity index (χ0n) is 24.0. The molecule has 2 aromatic heterocycles. The summed E-state index contributed by atoms with van der Waals surface area (Å²) < 4.78 is 17.7. The molecule has 1 saturated heterocycles. The number of amides is 4. The molecule has 0 bridgehead atoms. The van der Waals surface area contributed by atoms with Crippen molar-refractivity contribution in [2.75, 3.05) is 26.4 Å². The number of nitrogens with one attached hydrogen (secondary N) is 2. The quantitative estimate of drug-likeness (QED) is 0.175. The topological polar surface area (TPSA) is 140 Å². The number of nitrogens with zero attached hydrogens (tertiary/aromatic N) is 2. The van der Waals surface area contributed by atoms with Crippen molar-refractivity contribution in [2.24, 2.45) is 0 Å². The highest BCUT2D eigenvalue weighted by molar-refractivity contribution is 6.24. The smallest absolute Gasteiger partial charge is 0.262 e. The molecule has 0 aliphatic carbocycles. The molecule has 11 heteroatoms. The number of hydrogen-bond donors (Lipinski definition) is 2. The summed E-state index contributed by atoms with van der Waals surface area (Å²) in [4.78, 5) is 55.3. The number of carbonyl (C=O) groups is 4. The van der Waals surface area contributed by atoms with E-state index in [1.54, 1.807) is 24.4 Å². The molecule has 6 rings (SSSR count). The van der Waals surface area contributed by atoms with Crippen LogP contribution in [0.4, 0.5) is 0 Å². The van der Waals surface area contributed by atoms with Gasteiger partial charge in [-0.15, -0.1) is 0 Å². The van der Waals surface area contributed by atoms with Crippen molar-refractivity contribution in [1.82, 2.24) is 20.5 Å². The van der Waals surface area contributed by atoms with Crippen LogP contribution >= 0.6 is 0 Å². The van der Waals surface area contributed by atoms with E-state index in [0.29, 0.717) is 38.3 Å². The highest BCUT2D eigenvalue weighted by Gasteiger charge is 2.45. The molecule has 4 heterocycles. The molecule has 0 saturated carbocycles. The second-order valence-electron chi connectivity index (χ2n) is 10.7. The van der Waals surface area contributed by atoms with Gasteiger partial charge in [-0.05, 0) is 48.2 Å². The molecular formula is C33H32N4O7. The van der Waals surface area contributed by atoms with Gasteiger partial charge in [-0.1, -0.05) is 36.4 Å². The maximum atomic E-state index is 13.2. The third-order valence-corrected chi connectivity index (χ3v) is 7.73. The molecular weight excluding hydrogens is 564 g/mol. The van der Waals surface area contributed by atoms with Gasteiger partial charge in [-0.25, -0.2) is 0 Å². The number of imide groups is 2. The first-order valence-electron chi connectivity index (χ1n) is 14.6. The van der Waals surface area contributed by atoms with Crippen molar-refractivity contribution in [3.8, 4) is 0 Å². The second-order valence-corrected chi connectivity index (χ2v) is 10.7. The van der Waals surface area contributed by atoms with Gasteiger partial charge in [0.05, 0.1) is 30.4 Å². The van der Waals surface area contributed by atoms with Crippen LogP contribution in [0.2, 0.25) is 0 Å². The Labute approximate surface area is 253 Å². The predicted octanol–water partition coefficient (Wildman–Crippen LogP) is 3.53. The first kappa shape index (κ1) is 29.4. The van der Waals surface area contributed by atoms with Gasteiger partial charge >= 0.3 is 0 Å². The van der Waals surface area contributed by atoms with Crippen LogP contribution in [0.3, 0.4) is 0 Å². The van der Waals surface area contributed by atoms with Gasteiger partial charge in [-0.3, -0.25) is 34.4 Å². The van der Waals surface area contributed by atoms with E-state index in [0.717, 1.165) is 27.2 Å². The molecule has 226 valence electrons. The average Bonchev–Trinajstić information content (AvgIpc) is 3.57. The fourth-order valence-electron chi connectivity index (χ4n) is 5.60. The molecule has 2 aliphatic rings. The monoisotopic (exact) mass is 596 g/mol. The summed E-state index contributed by atoms with van der Waals surface area (Å²) >= 11 is 0. The van der Waals surface area contributed by atoms with Crippen LogP contribution in [0.1, 0.15) is 62.9 Å². The molecule has 2 aromatic carbocycles. The number of pyridine rings is 1. The van der Waals surface area contributed by atoms with Gasteiger partial charge in [0.2, 0.25) is 11.8 Å². The summed E-state index contributed by atoms with van der Waals surface area (Å²) in [6, 6.07) is 17.7. The van der Waals surface area contributed by atoms with Crippen molar-refractivity contribution in [3.63, 3.8) is 0 Å². The Hall–Kier alpha value is -4.71. The lowest BCUT2D eigenvalue weighted by atomic mass is 10.0. The van der Waals surface area contributed by atoms with Crippen LogP contribution in [0.15, 0.2) is 77.5 Å². The van der Waals surface area contributed by atoms with Gasteiger partial charge in [0.1, 0.15) is 17.4 Å². The van der Waals surface area contributed by atoms with E-state index in [1.807, 2.05) is 48.7 Å². The minimum atomic E-state index is -1.00. The molecule has 4 aromatic rings. The molecule has 0 radical (unpaired) electrons. The molecule has 0 spiro atoms. The fraction of sp³-hybridized carbons (Fsp3) is 0.303. The van der Waals surface area contributed by atoms with Crippen LogP contribution in [0.5, 0.6) is 0 Å². The standard InChI is InChI=1S/C33H32N4O7/c38-28-12-11-25(31(39)36-28)37-32(40)24-9-3-7-23(29(24)33(37)41)20-43-16-5-15-42-17-14-35-30(22-8-4-13-34-19-22)27-18-21-6-1-2-10-26(21)44-27/h1-4,6-10,13,18-19,25,30,35H,5,11-12,14-17,20H2,(H,36,38,39). The van der Waals surface area contributed by atoms with Gasteiger partial charge in [0, 0.05) is 44.0 Å². The number of carbonyl (C=O) groups excluding carboxylic acids is 4. The highest BCUT2D eigenvalue weighted by Crippen LogP contribution is 2.31. The Balaban J connectivity index is 0.955. The first-order chi connectivity index (χ1) is 21.5. The summed E-state index contributed by atoms with van der Waals surface area (Å²) in [7, 11) is 0. The van der Waals surface area contributed by atoms with Crippen molar-refractivity contribution in [2.45, 2.75) is 38.0 Å². The largest absolute Gasteiger partial charge is 0.459 e. The summed E-state index contributed by atoms with van der Waals surface area (Å²) in [5, 5.41) is 6.75. The number of benzene rings is 2. The second kappa shape index (κ2) is 13.3. The molecule has 4 amide bonds. The molecule has 11 nitrogen and oxygen atoms in total. The lowest BCUT2D eigenvalue weighted by Crippen LogP contribution is -2.54. The average molecular weight is 597 g/mol. The van der Waals surface area contributed by atoms with E-state index in [4.69, 9.17) is 13.9 Å². The number of ether oxygens (including phenoxy) is 2. The van der Waals surface area contributed by atoms with Gasteiger partial charge in [0.15, 0.2) is 0 Å². The van der Waals surface area contributed by atoms with Gasteiger partial charge in [-0.2, -0.15) is 0 Å². The number of piperidine rings is 1. The van der Waals surface area contributed by atoms with Gasteiger partial charge in [0.25, 0.3) is 11.8 Å². The van der Waals surface area contributed by atoms with Crippen LogP contribution in [-0.4, -0.2) is 65.9 Å². The fourth-order valence-corrected chi connectivity index (χ4v) is 5.60. The molecule has 2 unspecified atom stereocenters. The summed E-state index contributed by atoms with van der Waals surface area (Å²) in [6.45, 7) is 2.09. The third kappa shape index (κ3) is 6.16. The zero-order chi connectivity index (χ0) is 30.5. The number of rotatable bonds is 13. The lowest BCUT2D eigenvalue weighted by Gasteiger charge is -2.27.